The van der Waals surface area contributed by atoms with Gasteiger partial charge in [-0.25, -0.2) is 4.39 Å². The van der Waals surface area contributed by atoms with Crippen molar-refractivity contribution in [2.75, 3.05) is 5.32 Å². The number of nitrogens with one attached hydrogen (secondary N) is 1. The average molecular weight is 455 g/mol. The third-order valence-corrected chi connectivity index (χ3v) is 4.92. The van der Waals surface area contributed by atoms with E-state index in [4.69, 9.17) is 27.9 Å². The largest absolute Gasteiger partial charge is 0.488 e. The van der Waals surface area contributed by atoms with Crippen LogP contribution in [0.2, 0.25) is 10.0 Å². The molecule has 0 aliphatic heterocycles. The van der Waals surface area contributed by atoms with Crippen LogP contribution in [-0.4, -0.2) is 0 Å². The Bertz CT molecular complexity index is 920. The van der Waals surface area contributed by atoms with Crippen LogP contribution >= 0.6 is 39.1 Å². The third-order valence-electron chi connectivity index (χ3n) is 3.77. The van der Waals surface area contributed by atoms with Crippen molar-refractivity contribution in [3.63, 3.8) is 0 Å². The second kappa shape index (κ2) is 8.76. The molecule has 3 aromatic carbocycles. The normalized spacial score (nSPS) is 10.6. The topological polar surface area (TPSA) is 21.3 Å². The molecule has 26 heavy (non-hydrogen) atoms. The molecule has 0 aliphatic rings. The second-order valence-corrected chi connectivity index (χ2v) is 7.34. The summed E-state index contributed by atoms with van der Waals surface area (Å²) in [5, 5.41) is 3.98. The molecule has 0 aromatic heterocycles. The Labute approximate surface area is 170 Å². The van der Waals surface area contributed by atoms with Crippen molar-refractivity contribution in [1.29, 1.82) is 0 Å². The fourth-order valence-electron chi connectivity index (χ4n) is 2.40. The van der Waals surface area contributed by atoms with Gasteiger partial charge in [0.2, 0.25) is 0 Å². The quantitative estimate of drug-likeness (QED) is 0.429. The minimum Gasteiger partial charge on any atom is -0.488 e. The lowest BCUT2D eigenvalue weighted by Gasteiger charge is -2.14. The van der Waals surface area contributed by atoms with E-state index in [1.807, 2.05) is 42.5 Å². The molecule has 0 saturated heterocycles. The summed E-state index contributed by atoms with van der Waals surface area (Å²) < 4.78 is 20.2. The molecule has 0 aliphatic carbocycles. The maximum atomic E-state index is 13.3. The van der Waals surface area contributed by atoms with Crippen LogP contribution < -0.4 is 10.1 Å². The van der Waals surface area contributed by atoms with Crippen molar-refractivity contribution >= 4 is 44.8 Å². The number of rotatable bonds is 6. The number of anilines is 1. The SMILES string of the molecule is Fc1ccc(NCc2cc(Br)ccc2OCc2ccccc2Cl)cc1Cl. The van der Waals surface area contributed by atoms with Crippen LogP contribution in [0.3, 0.4) is 0 Å². The predicted molar refractivity (Wildman–Crippen MR) is 109 cm³/mol. The van der Waals surface area contributed by atoms with Gasteiger partial charge in [-0.2, -0.15) is 0 Å². The van der Waals surface area contributed by atoms with E-state index < -0.39 is 5.82 Å². The molecule has 0 unspecified atom stereocenters. The van der Waals surface area contributed by atoms with Crippen LogP contribution in [0.15, 0.2) is 65.1 Å². The molecule has 0 saturated carbocycles. The molecule has 2 nitrogen and oxygen atoms in total. The molecule has 0 spiro atoms. The van der Waals surface area contributed by atoms with Crippen LogP contribution in [0.25, 0.3) is 0 Å². The minimum atomic E-state index is -0.441. The second-order valence-electron chi connectivity index (χ2n) is 5.61. The third kappa shape index (κ3) is 4.91. The van der Waals surface area contributed by atoms with E-state index in [0.29, 0.717) is 18.2 Å². The van der Waals surface area contributed by atoms with Gasteiger partial charge in [0.15, 0.2) is 0 Å². The Morgan fingerprint density at radius 1 is 0.923 bits per heavy atom. The fourth-order valence-corrected chi connectivity index (χ4v) is 3.18. The van der Waals surface area contributed by atoms with Crippen molar-refractivity contribution in [3.8, 4) is 5.75 Å². The highest BCUT2D eigenvalue weighted by Gasteiger charge is 2.08. The Morgan fingerprint density at radius 3 is 2.50 bits per heavy atom. The summed E-state index contributed by atoms with van der Waals surface area (Å²) in [6, 6.07) is 17.9. The predicted octanol–water partition coefficient (Wildman–Crippen LogP) is 7.09. The van der Waals surface area contributed by atoms with E-state index in [1.54, 1.807) is 12.1 Å². The van der Waals surface area contributed by atoms with E-state index in [0.717, 1.165) is 27.0 Å². The van der Waals surface area contributed by atoms with E-state index in [9.17, 15) is 4.39 Å². The van der Waals surface area contributed by atoms with Crippen molar-refractivity contribution in [2.45, 2.75) is 13.2 Å². The van der Waals surface area contributed by atoms with Crippen LogP contribution in [0, 0.1) is 5.82 Å². The molecule has 0 amide bonds. The molecule has 3 rings (SSSR count). The first-order valence-electron chi connectivity index (χ1n) is 7.86. The van der Waals surface area contributed by atoms with Crippen LogP contribution in [0.5, 0.6) is 5.75 Å². The molecule has 1 N–H and O–H groups in total. The van der Waals surface area contributed by atoms with Gasteiger partial charge in [-0.1, -0.05) is 57.3 Å². The molecule has 134 valence electrons. The molecular weight excluding hydrogens is 440 g/mol. The molecule has 6 heteroatoms. The lowest BCUT2D eigenvalue weighted by molar-refractivity contribution is 0.303. The first kappa shape index (κ1) is 19.0. The molecule has 0 heterocycles. The fraction of sp³-hybridized carbons (Fsp3) is 0.100. The van der Waals surface area contributed by atoms with Crippen molar-refractivity contribution in [3.05, 3.63) is 92.1 Å². The summed E-state index contributed by atoms with van der Waals surface area (Å²) in [6.07, 6.45) is 0. The van der Waals surface area contributed by atoms with Crippen LogP contribution in [0.4, 0.5) is 10.1 Å². The zero-order valence-electron chi connectivity index (χ0n) is 13.6. The van der Waals surface area contributed by atoms with Gasteiger partial charge in [0.1, 0.15) is 18.2 Å². The van der Waals surface area contributed by atoms with E-state index in [2.05, 4.69) is 21.2 Å². The van der Waals surface area contributed by atoms with Gasteiger partial charge < -0.3 is 10.1 Å². The Hall–Kier alpha value is -1.75. The maximum absolute atomic E-state index is 13.3. The van der Waals surface area contributed by atoms with Gasteiger partial charge in [0.25, 0.3) is 0 Å². The average Bonchev–Trinajstić information content (AvgIpc) is 2.63. The Morgan fingerprint density at radius 2 is 1.73 bits per heavy atom. The lowest BCUT2D eigenvalue weighted by Crippen LogP contribution is -2.04. The first-order chi connectivity index (χ1) is 12.5. The summed E-state index contributed by atoms with van der Waals surface area (Å²) >= 11 is 15.5. The monoisotopic (exact) mass is 453 g/mol. The van der Waals surface area contributed by atoms with Crippen molar-refractivity contribution in [1.82, 2.24) is 0 Å². The van der Waals surface area contributed by atoms with Crippen LogP contribution in [0.1, 0.15) is 11.1 Å². The van der Waals surface area contributed by atoms with Gasteiger partial charge in [0, 0.05) is 32.9 Å². The van der Waals surface area contributed by atoms with E-state index in [1.165, 1.54) is 6.07 Å². The maximum Gasteiger partial charge on any atom is 0.141 e. The lowest BCUT2D eigenvalue weighted by atomic mass is 10.2. The first-order valence-corrected chi connectivity index (χ1v) is 9.41. The number of hydrogen-bond acceptors (Lipinski definition) is 2. The molecule has 3 aromatic rings. The number of benzene rings is 3. The highest BCUT2D eigenvalue weighted by molar-refractivity contribution is 9.10. The summed E-state index contributed by atoms with van der Waals surface area (Å²) in [5.74, 6) is 0.303. The van der Waals surface area contributed by atoms with Gasteiger partial charge in [0.05, 0.1) is 5.02 Å². The number of halogens is 4. The van der Waals surface area contributed by atoms with Crippen molar-refractivity contribution in [2.24, 2.45) is 0 Å². The number of ether oxygens (including phenoxy) is 1. The number of hydrogen-bond donors (Lipinski definition) is 1. The summed E-state index contributed by atoms with van der Waals surface area (Å²) in [7, 11) is 0. The zero-order valence-corrected chi connectivity index (χ0v) is 16.7. The van der Waals surface area contributed by atoms with Crippen molar-refractivity contribution < 1.29 is 9.13 Å². The summed E-state index contributed by atoms with van der Waals surface area (Å²) in [4.78, 5) is 0. The van der Waals surface area contributed by atoms with Gasteiger partial charge in [-0.3, -0.25) is 0 Å². The molecule has 0 atom stereocenters. The Balaban J connectivity index is 1.73. The standard InChI is InChI=1S/C20H15BrCl2FNO/c21-15-5-8-20(26-12-13-3-1-2-4-17(13)22)14(9-15)11-25-16-6-7-19(24)18(23)10-16/h1-10,25H,11-12H2. The highest BCUT2D eigenvalue weighted by Crippen LogP contribution is 2.27. The summed E-state index contributed by atoms with van der Waals surface area (Å²) in [6.45, 7) is 0.871. The Kier molecular flexibility index (Phi) is 6.41. The molecule has 0 fully saturated rings. The van der Waals surface area contributed by atoms with Crippen LogP contribution in [-0.2, 0) is 13.2 Å². The minimum absolute atomic E-state index is 0.0828. The molecule has 0 bridgehead atoms. The molecule has 0 radical (unpaired) electrons. The van der Waals surface area contributed by atoms with Gasteiger partial charge in [-0.15, -0.1) is 0 Å². The summed E-state index contributed by atoms with van der Waals surface area (Å²) in [5.41, 5.74) is 2.60. The van der Waals surface area contributed by atoms with E-state index >= 15 is 0 Å². The van der Waals surface area contributed by atoms with Gasteiger partial charge >= 0.3 is 0 Å². The van der Waals surface area contributed by atoms with Gasteiger partial charge in [-0.05, 0) is 42.5 Å². The smallest absolute Gasteiger partial charge is 0.141 e. The zero-order chi connectivity index (χ0) is 18.5. The molecular formula is C20H15BrCl2FNO. The highest BCUT2D eigenvalue weighted by atomic mass is 79.9. The van der Waals surface area contributed by atoms with E-state index in [-0.39, 0.29) is 5.02 Å².